The van der Waals surface area contributed by atoms with Crippen LogP contribution in [0.3, 0.4) is 0 Å². The van der Waals surface area contributed by atoms with Gasteiger partial charge in [-0.2, -0.15) is 0 Å². The minimum atomic E-state index is -0.478. The Morgan fingerprint density at radius 1 is 1.09 bits per heavy atom. The SMILES string of the molecule is COc1ccc(/C=C2/SC(=O)N(CC(=O)Nc3ccc(N4CCOCC4)cc3)C2=O)cc1. The number of hydrogen-bond donors (Lipinski definition) is 1. The first kappa shape index (κ1) is 21.9. The molecule has 2 aromatic carbocycles. The maximum absolute atomic E-state index is 12.6. The molecule has 2 fully saturated rings. The van der Waals surface area contributed by atoms with Crippen LogP contribution in [0, 0.1) is 0 Å². The summed E-state index contributed by atoms with van der Waals surface area (Å²) in [4.78, 5) is 40.9. The highest BCUT2D eigenvalue weighted by atomic mass is 32.2. The van der Waals surface area contributed by atoms with Crippen LogP contribution in [0.1, 0.15) is 5.56 Å². The topological polar surface area (TPSA) is 88.2 Å². The van der Waals surface area contributed by atoms with Crippen molar-refractivity contribution in [3.8, 4) is 5.75 Å². The number of hydrogen-bond acceptors (Lipinski definition) is 7. The first-order chi connectivity index (χ1) is 15.5. The van der Waals surface area contributed by atoms with Crippen LogP contribution in [0.4, 0.5) is 16.2 Å². The standard InChI is InChI=1S/C23H23N3O5S/c1-30-19-8-2-16(3-9-19)14-20-22(28)26(23(29)32-20)15-21(27)24-17-4-6-18(7-5-17)25-10-12-31-13-11-25/h2-9,14H,10-13,15H2,1H3,(H,24,27)/b20-14+. The Labute approximate surface area is 190 Å². The fraction of sp³-hybridized carbons (Fsp3) is 0.261. The molecule has 2 heterocycles. The minimum absolute atomic E-state index is 0.280. The van der Waals surface area contributed by atoms with E-state index in [9.17, 15) is 14.4 Å². The average molecular weight is 454 g/mol. The quantitative estimate of drug-likeness (QED) is 0.672. The molecule has 2 aromatic rings. The van der Waals surface area contributed by atoms with Crippen LogP contribution in [-0.2, 0) is 14.3 Å². The molecule has 32 heavy (non-hydrogen) atoms. The predicted molar refractivity (Wildman–Crippen MR) is 124 cm³/mol. The number of rotatable bonds is 6. The molecular weight excluding hydrogens is 430 g/mol. The van der Waals surface area contributed by atoms with E-state index in [1.54, 1.807) is 49.6 Å². The molecule has 1 N–H and O–H groups in total. The van der Waals surface area contributed by atoms with Crippen molar-refractivity contribution in [2.45, 2.75) is 0 Å². The van der Waals surface area contributed by atoms with Crippen molar-refractivity contribution in [3.05, 3.63) is 59.0 Å². The molecule has 2 aliphatic heterocycles. The molecule has 2 aliphatic rings. The maximum atomic E-state index is 12.6. The molecule has 0 saturated carbocycles. The lowest BCUT2D eigenvalue weighted by molar-refractivity contribution is -0.127. The van der Waals surface area contributed by atoms with Crippen LogP contribution < -0.4 is 15.0 Å². The highest BCUT2D eigenvalue weighted by Crippen LogP contribution is 2.32. The first-order valence-electron chi connectivity index (χ1n) is 10.2. The normalized spacial score (nSPS) is 17.7. The Hall–Kier alpha value is -3.30. The maximum Gasteiger partial charge on any atom is 0.294 e. The summed E-state index contributed by atoms with van der Waals surface area (Å²) >= 11 is 0.824. The fourth-order valence-electron chi connectivity index (χ4n) is 3.41. The molecular formula is C23H23N3O5S. The number of carbonyl (C=O) groups excluding carboxylic acids is 3. The lowest BCUT2D eigenvalue weighted by atomic mass is 10.2. The zero-order chi connectivity index (χ0) is 22.5. The number of nitrogens with zero attached hydrogens (tertiary/aromatic N) is 2. The lowest BCUT2D eigenvalue weighted by Gasteiger charge is -2.28. The molecule has 0 aromatic heterocycles. The van der Waals surface area contributed by atoms with Crippen molar-refractivity contribution in [2.24, 2.45) is 0 Å². The third-order valence-corrected chi connectivity index (χ3v) is 6.02. The van der Waals surface area contributed by atoms with Gasteiger partial charge in [-0.05, 0) is 59.8 Å². The number of anilines is 2. The molecule has 8 nitrogen and oxygen atoms in total. The summed E-state index contributed by atoms with van der Waals surface area (Å²) in [6.45, 7) is 2.71. The number of imide groups is 1. The lowest BCUT2D eigenvalue weighted by Crippen LogP contribution is -2.36. The van der Waals surface area contributed by atoms with E-state index in [0.29, 0.717) is 24.7 Å². The Bertz CT molecular complexity index is 1030. The van der Waals surface area contributed by atoms with Gasteiger partial charge in [-0.15, -0.1) is 0 Å². The summed E-state index contributed by atoms with van der Waals surface area (Å²) in [6.07, 6.45) is 1.63. The van der Waals surface area contributed by atoms with Crippen molar-refractivity contribution in [1.82, 2.24) is 4.90 Å². The third-order valence-electron chi connectivity index (χ3n) is 5.12. The third kappa shape index (κ3) is 5.12. The van der Waals surface area contributed by atoms with Crippen molar-refractivity contribution < 1.29 is 23.9 Å². The number of thioether (sulfide) groups is 1. The highest BCUT2D eigenvalue weighted by molar-refractivity contribution is 8.18. The second-order valence-corrected chi connectivity index (χ2v) is 8.23. The number of ether oxygens (including phenoxy) is 2. The van der Waals surface area contributed by atoms with Gasteiger partial charge in [0.2, 0.25) is 5.91 Å². The summed E-state index contributed by atoms with van der Waals surface area (Å²) in [5, 5.41) is 2.28. The monoisotopic (exact) mass is 453 g/mol. The predicted octanol–water partition coefficient (Wildman–Crippen LogP) is 3.21. The number of amides is 3. The Kier molecular flexibility index (Phi) is 6.77. The van der Waals surface area contributed by atoms with Gasteiger partial charge in [0.05, 0.1) is 25.2 Å². The van der Waals surface area contributed by atoms with Crippen molar-refractivity contribution in [1.29, 1.82) is 0 Å². The highest BCUT2D eigenvalue weighted by Gasteiger charge is 2.36. The molecule has 0 unspecified atom stereocenters. The van der Waals surface area contributed by atoms with Crippen LogP contribution in [-0.4, -0.2) is 61.9 Å². The van der Waals surface area contributed by atoms with Gasteiger partial charge in [0, 0.05) is 24.5 Å². The molecule has 3 amide bonds. The Morgan fingerprint density at radius 2 is 1.78 bits per heavy atom. The van der Waals surface area contributed by atoms with E-state index in [0.717, 1.165) is 41.0 Å². The zero-order valence-electron chi connectivity index (χ0n) is 17.6. The number of benzene rings is 2. The first-order valence-corrected chi connectivity index (χ1v) is 11.0. The summed E-state index contributed by atoms with van der Waals surface area (Å²) < 4.78 is 10.5. The number of carbonyl (C=O) groups is 3. The summed E-state index contributed by atoms with van der Waals surface area (Å²) in [6, 6.07) is 14.6. The molecule has 0 spiro atoms. The zero-order valence-corrected chi connectivity index (χ0v) is 18.4. The fourth-order valence-corrected chi connectivity index (χ4v) is 4.25. The number of morpholine rings is 1. The average Bonchev–Trinajstić information content (AvgIpc) is 3.08. The smallest absolute Gasteiger partial charge is 0.294 e. The van der Waals surface area contributed by atoms with Gasteiger partial charge in [-0.3, -0.25) is 19.3 Å². The van der Waals surface area contributed by atoms with Gasteiger partial charge in [-0.25, -0.2) is 0 Å². The van der Waals surface area contributed by atoms with E-state index in [4.69, 9.17) is 9.47 Å². The van der Waals surface area contributed by atoms with Crippen LogP contribution in [0.25, 0.3) is 6.08 Å². The Morgan fingerprint density at radius 3 is 2.44 bits per heavy atom. The van der Waals surface area contributed by atoms with Crippen molar-refractivity contribution in [3.63, 3.8) is 0 Å². The molecule has 4 rings (SSSR count). The van der Waals surface area contributed by atoms with Crippen LogP contribution in [0.15, 0.2) is 53.4 Å². The van der Waals surface area contributed by atoms with E-state index >= 15 is 0 Å². The van der Waals surface area contributed by atoms with Gasteiger partial charge in [0.1, 0.15) is 12.3 Å². The van der Waals surface area contributed by atoms with Gasteiger partial charge < -0.3 is 19.7 Å². The molecule has 166 valence electrons. The van der Waals surface area contributed by atoms with Crippen LogP contribution in [0.2, 0.25) is 0 Å². The van der Waals surface area contributed by atoms with E-state index in [-0.39, 0.29) is 11.4 Å². The van der Waals surface area contributed by atoms with E-state index in [2.05, 4.69) is 10.2 Å². The minimum Gasteiger partial charge on any atom is -0.497 e. The second kappa shape index (κ2) is 9.88. The van der Waals surface area contributed by atoms with E-state index < -0.39 is 17.1 Å². The Balaban J connectivity index is 1.35. The molecule has 0 atom stereocenters. The molecule has 2 saturated heterocycles. The van der Waals surface area contributed by atoms with E-state index in [1.807, 2.05) is 12.1 Å². The van der Waals surface area contributed by atoms with Crippen LogP contribution >= 0.6 is 11.8 Å². The van der Waals surface area contributed by atoms with Crippen molar-refractivity contribution in [2.75, 3.05) is 50.2 Å². The van der Waals surface area contributed by atoms with Crippen LogP contribution in [0.5, 0.6) is 5.75 Å². The molecule has 0 radical (unpaired) electrons. The van der Waals surface area contributed by atoms with Gasteiger partial charge in [0.15, 0.2) is 0 Å². The number of nitrogens with one attached hydrogen (secondary N) is 1. The molecule has 9 heteroatoms. The summed E-state index contributed by atoms with van der Waals surface area (Å²) in [5.41, 5.74) is 2.43. The van der Waals surface area contributed by atoms with Gasteiger partial charge in [0.25, 0.3) is 11.1 Å². The molecule has 0 bridgehead atoms. The summed E-state index contributed by atoms with van der Waals surface area (Å²) in [7, 11) is 1.57. The summed E-state index contributed by atoms with van der Waals surface area (Å²) in [5.74, 6) is -0.212. The van der Waals surface area contributed by atoms with Gasteiger partial charge >= 0.3 is 0 Å². The molecule has 0 aliphatic carbocycles. The van der Waals surface area contributed by atoms with E-state index in [1.165, 1.54) is 0 Å². The van der Waals surface area contributed by atoms with Crippen molar-refractivity contribution >= 4 is 46.3 Å². The number of methoxy groups -OCH3 is 1. The van der Waals surface area contributed by atoms with Gasteiger partial charge in [-0.1, -0.05) is 12.1 Å². The second-order valence-electron chi connectivity index (χ2n) is 7.24. The largest absolute Gasteiger partial charge is 0.497 e.